The maximum atomic E-state index is 12.3. The minimum Gasteiger partial charge on any atom is -0.385 e. The predicted molar refractivity (Wildman–Crippen MR) is 125 cm³/mol. The van der Waals surface area contributed by atoms with E-state index in [1.165, 1.54) is 5.69 Å². The molecular weight excluding hydrogens is 398 g/mol. The highest BCUT2D eigenvalue weighted by Crippen LogP contribution is 2.27. The average molecular weight is 438 g/mol. The molecule has 0 spiro atoms. The van der Waals surface area contributed by atoms with Crippen LogP contribution in [0.4, 0.5) is 11.4 Å². The lowest BCUT2D eigenvalue weighted by Gasteiger charge is -2.37. The lowest BCUT2D eigenvalue weighted by Crippen LogP contribution is -2.45. The fourth-order valence-electron chi connectivity index (χ4n) is 4.49. The molecule has 7 heteroatoms. The monoisotopic (exact) mass is 437 g/mol. The van der Waals surface area contributed by atoms with E-state index in [2.05, 4.69) is 53.1 Å². The number of nitrogens with one attached hydrogen (secondary N) is 2. The van der Waals surface area contributed by atoms with Crippen molar-refractivity contribution in [2.45, 2.75) is 83.3 Å². The van der Waals surface area contributed by atoms with Gasteiger partial charge < -0.3 is 15.0 Å². The zero-order valence-corrected chi connectivity index (χ0v) is 19.7. The first kappa shape index (κ1) is 23.4. The Labute approximate surface area is 182 Å². The average Bonchev–Trinajstić information content (AvgIpc) is 2.72. The number of anilines is 2. The number of rotatable bonds is 8. The molecule has 3 atom stereocenters. The molecule has 0 amide bonds. The van der Waals surface area contributed by atoms with Crippen molar-refractivity contribution in [1.82, 2.24) is 4.72 Å². The molecule has 3 rings (SSSR count). The fourth-order valence-corrected chi connectivity index (χ4v) is 5.86. The van der Waals surface area contributed by atoms with Crippen molar-refractivity contribution in [3.8, 4) is 0 Å². The fraction of sp³-hybridized carbons (Fsp3) is 0.739. The first-order valence-corrected chi connectivity index (χ1v) is 13.1. The molecule has 0 aromatic heterocycles. The summed E-state index contributed by atoms with van der Waals surface area (Å²) in [6.45, 7) is 10.8. The Morgan fingerprint density at radius 3 is 2.23 bits per heavy atom. The van der Waals surface area contributed by atoms with Crippen LogP contribution in [0, 0.1) is 5.92 Å². The van der Waals surface area contributed by atoms with Crippen LogP contribution in [0.3, 0.4) is 0 Å². The van der Waals surface area contributed by atoms with Crippen LogP contribution in [0.2, 0.25) is 0 Å². The Morgan fingerprint density at radius 1 is 1.07 bits per heavy atom. The molecule has 1 aromatic rings. The smallest absolute Gasteiger partial charge is 0.214 e. The SMILES string of the molecule is CCC(C)S(=O)(=O)NC1CCC(CNc2ccc(N3C[C@@H](C)O[C@@H](C)C3)cc2)CC1. The van der Waals surface area contributed by atoms with Crippen LogP contribution >= 0.6 is 0 Å². The molecule has 1 aliphatic heterocycles. The van der Waals surface area contributed by atoms with Crippen molar-refractivity contribution in [1.29, 1.82) is 0 Å². The summed E-state index contributed by atoms with van der Waals surface area (Å²) in [5.74, 6) is 0.593. The van der Waals surface area contributed by atoms with E-state index in [1.807, 2.05) is 6.92 Å². The van der Waals surface area contributed by atoms with E-state index in [9.17, 15) is 8.42 Å². The molecule has 170 valence electrons. The van der Waals surface area contributed by atoms with Crippen LogP contribution < -0.4 is 14.9 Å². The Kier molecular flexibility index (Phi) is 8.04. The lowest BCUT2D eigenvalue weighted by molar-refractivity contribution is -0.00521. The standard InChI is InChI=1S/C23H39N3O3S/c1-5-19(4)30(27,28)25-22-8-6-20(7-9-22)14-24-21-10-12-23(13-11-21)26-15-17(2)29-18(3)16-26/h10-13,17-20,22,24-25H,5-9,14-16H2,1-4H3/t17-,18+,19?,20?,22?. The molecule has 6 nitrogen and oxygen atoms in total. The molecule has 1 saturated carbocycles. The van der Waals surface area contributed by atoms with E-state index in [1.54, 1.807) is 6.92 Å². The maximum Gasteiger partial charge on any atom is 0.214 e. The first-order valence-electron chi connectivity index (χ1n) is 11.5. The maximum absolute atomic E-state index is 12.3. The van der Waals surface area contributed by atoms with E-state index in [0.29, 0.717) is 12.3 Å². The molecule has 0 bridgehead atoms. The Bertz CT molecular complexity index is 750. The van der Waals surface area contributed by atoms with Gasteiger partial charge in [-0.05, 0) is 83.1 Å². The second-order valence-electron chi connectivity index (χ2n) is 9.19. The molecule has 0 radical (unpaired) electrons. The van der Waals surface area contributed by atoms with Crippen molar-refractivity contribution >= 4 is 21.4 Å². The van der Waals surface area contributed by atoms with Gasteiger partial charge in [0.15, 0.2) is 0 Å². The first-order chi connectivity index (χ1) is 14.3. The second kappa shape index (κ2) is 10.3. The molecular formula is C23H39N3O3S. The quantitative estimate of drug-likeness (QED) is 0.643. The third kappa shape index (κ3) is 6.34. The van der Waals surface area contributed by atoms with Gasteiger partial charge in [0.25, 0.3) is 0 Å². The van der Waals surface area contributed by atoms with Gasteiger partial charge in [0.1, 0.15) is 0 Å². The van der Waals surface area contributed by atoms with Crippen LogP contribution in [0.5, 0.6) is 0 Å². The summed E-state index contributed by atoms with van der Waals surface area (Å²) in [5, 5.41) is 3.25. The minimum atomic E-state index is -3.18. The molecule has 1 unspecified atom stereocenters. The summed E-state index contributed by atoms with van der Waals surface area (Å²) < 4.78 is 33.3. The van der Waals surface area contributed by atoms with Gasteiger partial charge in [0.2, 0.25) is 10.0 Å². The summed E-state index contributed by atoms with van der Waals surface area (Å²) in [4.78, 5) is 2.39. The van der Waals surface area contributed by atoms with Gasteiger partial charge in [-0.15, -0.1) is 0 Å². The normalized spacial score (nSPS) is 28.9. The summed E-state index contributed by atoms with van der Waals surface area (Å²) in [6.07, 6.45) is 5.14. The minimum absolute atomic E-state index is 0.0952. The highest BCUT2D eigenvalue weighted by molar-refractivity contribution is 7.90. The molecule has 1 aromatic carbocycles. The molecule has 30 heavy (non-hydrogen) atoms. The number of ether oxygens (including phenoxy) is 1. The highest BCUT2D eigenvalue weighted by atomic mass is 32.2. The summed E-state index contributed by atoms with van der Waals surface area (Å²) in [6, 6.07) is 8.79. The van der Waals surface area contributed by atoms with E-state index in [0.717, 1.165) is 51.0 Å². The van der Waals surface area contributed by atoms with E-state index in [4.69, 9.17) is 4.74 Å². The van der Waals surface area contributed by atoms with Gasteiger partial charge in [-0.1, -0.05) is 6.92 Å². The summed E-state index contributed by atoms with van der Waals surface area (Å²) in [7, 11) is -3.18. The molecule has 1 aliphatic carbocycles. The van der Waals surface area contributed by atoms with Crippen molar-refractivity contribution in [2.24, 2.45) is 5.92 Å². The van der Waals surface area contributed by atoms with Crippen molar-refractivity contribution in [3.63, 3.8) is 0 Å². The number of hydrogen-bond donors (Lipinski definition) is 2. The van der Waals surface area contributed by atoms with Crippen LogP contribution in [0.25, 0.3) is 0 Å². The van der Waals surface area contributed by atoms with Crippen LogP contribution in [-0.2, 0) is 14.8 Å². The summed E-state index contributed by atoms with van der Waals surface area (Å²) >= 11 is 0. The van der Waals surface area contributed by atoms with Gasteiger partial charge in [-0.3, -0.25) is 0 Å². The summed E-state index contributed by atoms with van der Waals surface area (Å²) in [5.41, 5.74) is 2.39. The number of morpholine rings is 1. The zero-order chi connectivity index (χ0) is 21.7. The number of hydrogen-bond acceptors (Lipinski definition) is 5. The third-order valence-electron chi connectivity index (χ3n) is 6.53. The Hall–Kier alpha value is -1.31. The topological polar surface area (TPSA) is 70.7 Å². The van der Waals surface area contributed by atoms with E-state index < -0.39 is 10.0 Å². The van der Waals surface area contributed by atoms with Gasteiger partial charge in [-0.25, -0.2) is 13.1 Å². The van der Waals surface area contributed by atoms with Crippen LogP contribution in [-0.4, -0.2) is 51.6 Å². The predicted octanol–water partition coefficient (Wildman–Crippen LogP) is 3.99. The Morgan fingerprint density at radius 2 is 1.67 bits per heavy atom. The molecule has 1 heterocycles. The zero-order valence-electron chi connectivity index (χ0n) is 18.9. The molecule has 2 N–H and O–H groups in total. The van der Waals surface area contributed by atoms with Crippen molar-refractivity contribution < 1.29 is 13.2 Å². The van der Waals surface area contributed by atoms with Gasteiger partial charge in [-0.2, -0.15) is 0 Å². The number of nitrogens with zero attached hydrogens (tertiary/aromatic N) is 1. The van der Waals surface area contributed by atoms with Crippen LogP contribution in [0.15, 0.2) is 24.3 Å². The van der Waals surface area contributed by atoms with Crippen molar-refractivity contribution in [2.75, 3.05) is 29.9 Å². The lowest BCUT2D eigenvalue weighted by atomic mass is 9.86. The van der Waals surface area contributed by atoms with Crippen molar-refractivity contribution in [3.05, 3.63) is 24.3 Å². The third-order valence-corrected chi connectivity index (χ3v) is 8.58. The van der Waals surface area contributed by atoms with Gasteiger partial charge >= 0.3 is 0 Å². The number of benzene rings is 1. The van der Waals surface area contributed by atoms with Gasteiger partial charge in [0, 0.05) is 37.1 Å². The molecule has 2 aliphatic rings. The molecule has 1 saturated heterocycles. The van der Waals surface area contributed by atoms with E-state index >= 15 is 0 Å². The van der Waals surface area contributed by atoms with E-state index in [-0.39, 0.29) is 23.5 Å². The second-order valence-corrected chi connectivity index (χ2v) is 11.3. The van der Waals surface area contributed by atoms with Crippen LogP contribution in [0.1, 0.15) is 59.8 Å². The highest BCUT2D eigenvalue weighted by Gasteiger charge is 2.27. The largest absolute Gasteiger partial charge is 0.385 e. The molecule has 2 fully saturated rings. The Balaban J connectivity index is 1.42. The number of sulfonamides is 1. The van der Waals surface area contributed by atoms with Gasteiger partial charge in [0.05, 0.1) is 17.5 Å².